The van der Waals surface area contributed by atoms with E-state index in [1.807, 2.05) is 36.4 Å². The van der Waals surface area contributed by atoms with E-state index < -0.39 is 0 Å². The first-order valence-corrected chi connectivity index (χ1v) is 10.5. The molecule has 0 fully saturated rings. The van der Waals surface area contributed by atoms with Crippen LogP contribution in [0, 0.1) is 0 Å². The van der Waals surface area contributed by atoms with E-state index in [1.54, 1.807) is 14.2 Å². The first-order valence-electron chi connectivity index (χ1n) is 10.5. The fourth-order valence-corrected chi connectivity index (χ4v) is 3.40. The van der Waals surface area contributed by atoms with Crippen LogP contribution in [0.15, 0.2) is 72.8 Å². The summed E-state index contributed by atoms with van der Waals surface area (Å²) in [5.74, 6) is 1.37. The monoisotopic (exact) mass is 418 g/mol. The highest BCUT2D eigenvalue weighted by Gasteiger charge is 2.09. The molecule has 0 spiro atoms. The van der Waals surface area contributed by atoms with Crippen LogP contribution in [0.1, 0.15) is 24.1 Å². The third-order valence-electron chi connectivity index (χ3n) is 5.27. The summed E-state index contributed by atoms with van der Waals surface area (Å²) in [6.07, 6.45) is 0.725. The molecule has 0 saturated carbocycles. The van der Waals surface area contributed by atoms with Crippen LogP contribution in [-0.2, 0) is 11.2 Å². The van der Waals surface area contributed by atoms with E-state index in [0.29, 0.717) is 18.0 Å². The van der Waals surface area contributed by atoms with E-state index in [1.165, 1.54) is 11.1 Å². The van der Waals surface area contributed by atoms with Crippen LogP contribution in [0.5, 0.6) is 11.5 Å². The molecule has 0 bridgehead atoms. The highest BCUT2D eigenvalue weighted by atomic mass is 16.5. The predicted molar refractivity (Wildman–Crippen MR) is 125 cm³/mol. The molecule has 0 aliphatic heterocycles. The number of carbonyl (C=O) groups is 1. The van der Waals surface area contributed by atoms with E-state index in [0.717, 1.165) is 17.5 Å². The second-order valence-electron chi connectivity index (χ2n) is 7.38. The maximum Gasteiger partial charge on any atom is 0.233 e. The van der Waals surface area contributed by atoms with Gasteiger partial charge in [0, 0.05) is 12.6 Å². The third kappa shape index (κ3) is 6.33. The van der Waals surface area contributed by atoms with Crippen LogP contribution in [-0.4, -0.2) is 33.2 Å². The van der Waals surface area contributed by atoms with Gasteiger partial charge in [-0.25, -0.2) is 0 Å². The Balaban J connectivity index is 1.43. The van der Waals surface area contributed by atoms with Crippen molar-refractivity contribution in [2.75, 3.05) is 27.3 Å². The lowest BCUT2D eigenvalue weighted by molar-refractivity contribution is -0.120. The molecule has 3 aromatic carbocycles. The largest absolute Gasteiger partial charge is 0.493 e. The van der Waals surface area contributed by atoms with Crippen molar-refractivity contribution in [3.63, 3.8) is 0 Å². The number of carbonyl (C=O) groups excluding carboxylic acids is 1. The number of ether oxygens (including phenoxy) is 2. The van der Waals surface area contributed by atoms with Gasteiger partial charge in [0.25, 0.3) is 0 Å². The van der Waals surface area contributed by atoms with E-state index in [4.69, 9.17) is 9.47 Å². The maximum atomic E-state index is 12.2. The van der Waals surface area contributed by atoms with Gasteiger partial charge in [-0.1, -0.05) is 60.7 Å². The average Bonchev–Trinajstić information content (AvgIpc) is 2.83. The topological polar surface area (TPSA) is 59.6 Å². The molecule has 162 valence electrons. The normalized spacial score (nSPS) is 11.6. The molecule has 0 aliphatic rings. The lowest BCUT2D eigenvalue weighted by Crippen LogP contribution is -2.36. The molecule has 0 heterocycles. The average molecular weight is 419 g/mol. The number of hydrogen-bond donors (Lipinski definition) is 2. The molecule has 2 N–H and O–H groups in total. The number of methoxy groups -OCH3 is 2. The summed E-state index contributed by atoms with van der Waals surface area (Å²) in [6.45, 7) is 2.90. The second kappa shape index (κ2) is 11.2. The van der Waals surface area contributed by atoms with Gasteiger partial charge in [0.05, 0.1) is 20.8 Å². The molecule has 0 unspecified atom stereocenters. The number of hydrogen-bond acceptors (Lipinski definition) is 4. The van der Waals surface area contributed by atoms with Crippen molar-refractivity contribution in [1.29, 1.82) is 0 Å². The van der Waals surface area contributed by atoms with Gasteiger partial charge in [0.15, 0.2) is 11.5 Å². The number of rotatable bonds is 10. The Bertz CT molecular complexity index is 972. The van der Waals surface area contributed by atoms with Gasteiger partial charge in [0.1, 0.15) is 0 Å². The Kier molecular flexibility index (Phi) is 8.07. The van der Waals surface area contributed by atoms with Crippen LogP contribution in [0.3, 0.4) is 0 Å². The van der Waals surface area contributed by atoms with Crippen LogP contribution >= 0.6 is 0 Å². The summed E-state index contributed by atoms with van der Waals surface area (Å²) in [5.41, 5.74) is 4.61. The first-order chi connectivity index (χ1) is 15.1. The standard InChI is InChI=1S/C26H30N2O3/c1-19(21-10-12-23(13-11-21)22-7-5-4-6-8-22)28-18-26(29)27-16-15-20-9-14-24(30-2)25(17-20)31-3/h4-14,17,19,28H,15-16,18H2,1-3H3,(H,27,29)/t19-/m1/s1. The Labute approximate surface area is 184 Å². The number of benzene rings is 3. The van der Waals surface area contributed by atoms with Crippen molar-refractivity contribution in [3.05, 3.63) is 83.9 Å². The van der Waals surface area contributed by atoms with Crippen molar-refractivity contribution < 1.29 is 14.3 Å². The van der Waals surface area contributed by atoms with Crippen molar-refractivity contribution in [3.8, 4) is 22.6 Å². The molecule has 0 aromatic heterocycles. The van der Waals surface area contributed by atoms with E-state index in [9.17, 15) is 4.79 Å². The number of amides is 1. The predicted octanol–water partition coefficient (Wildman–Crippen LogP) is 4.38. The zero-order valence-corrected chi connectivity index (χ0v) is 18.4. The number of nitrogens with one attached hydrogen (secondary N) is 2. The molecule has 1 atom stereocenters. The zero-order chi connectivity index (χ0) is 22.1. The fraction of sp³-hybridized carbons (Fsp3) is 0.269. The van der Waals surface area contributed by atoms with E-state index in [-0.39, 0.29) is 18.5 Å². The van der Waals surface area contributed by atoms with Gasteiger partial charge < -0.3 is 20.1 Å². The van der Waals surface area contributed by atoms with Crippen molar-refractivity contribution in [1.82, 2.24) is 10.6 Å². The van der Waals surface area contributed by atoms with Crippen molar-refractivity contribution in [2.45, 2.75) is 19.4 Å². The molecule has 3 rings (SSSR count). The molecule has 31 heavy (non-hydrogen) atoms. The van der Waals surface area contributed by atoms with Crippen LogP contribution in [0.4, 0.5) is 0 Å². The van der Waals surface area contributed by atoms with Gasteiger partial charge >= 0.3 is 0 Å². The van der Waals surface area contributed by atoms with E-state index >= 15 is 0 Å². The Morgan fingerprint density at radius 3 is 2.23 bits per heavy atom. The summed E-state index contributed by atoms with van der Waals surface area (Å²) in [7, 11) is 3.23. The summed E-state index contributed by atoms with van der Waals surface area (Å²) in [6, 6.07) is 24.6. The summed E-state index contributed by atoms with van der Waals surface area (Å²) >= 11 is 0. The summed E-state index contributed by atoms with van der Waals surface area (Å²) < 4.78 is 10.6. The zero-order valence-electron chi connectivity index (χ0n) is 18.4. The van der Waals surface area contributed by atoms with Crippen LogP contribution in [0.2, 0.25) is 0 Å². The Morgan fingerprint density at radius 1 is 0.871 bits per heavy atom. The molecular weight excluding hydrogens is 388 g/mol. The Morgan fingerprint density at radius 2 is 1.55 bits per heavy atom. The quantitative estimate of drug-likeness (QED) is 0.513. The van der Waals surface area contributed by atoms with Gasteiger partial charge in [0.2, 0.25) is 5.91 Å². The molecule has 5 nitrogen and oxygen atoms in total. The lowest BCUT2D eigenvalue weighted by atomic mass is 10.0. The lowest BCUT2D eigenvalue weighted by Gasteiger charge is -2.15. The second-order valence-corrected chi connectivity index (χ2v) is 7.38. The van der Waals surface area contributed by atoms with Gasteiger partial charge in [-0.3, -0.25) is 4.79 Å². The van der Waals surface area contributed by atoms with Gasteiger partial charge in [-0.05, 0) is 47.7 Å². The fourth-order valence-electron chi connectivity index (χ4n) is 3.40. The first kappa shape index (κ1) is 22.4. The van der Waals surface area contributed by atoms with Gasteiger partial charge in [-0.2, -0.15) is 0 Å². The third-order valence-corrected chi connectivity index (χ3v) is 5.27. The highest BCUT2D eigenvalue weighted by Crippen LogP contribution is 2.27. The summed E-state index contributed by atoms with van der Waals surface area (Å²) in [5, 5.41) is 6.25. The van der Waals surface area contributed by atoms with Gasteiger partial charge in [-0.15, -0.1) is 0 Å². The molecule has 5 heteroatoms. The molecule has 0 radical (unpaired) electrons. The minimum absolute atomic E-state index is 0.0202. The molecule has 0 saturated heterocycles. The van der Waals surface area contributed by atoms with E-state index in [2.05, 4.69) is 54.0 Å². The molecular formula is C26H30N2O3. The summed E-state index contributed by atoms with van der Waals surface area (Å²) in [4.78, 5) is 12.2. The minimum Gasteiger partial charge on any atom is -0.493 e. The minimum atomic E-state index is -0.0202. The molecule has 0 aliphatic carbocycles. The van der Waals surface area contributed by atoms with Crippen molar-refractivity contribution >= 4 is 5.91 Å². The molecule has 1 amide bonds. The van der Waals surface area contributed by atoms with Crippen LogP contribution < -0.4 is 20.1 Å². The van der Waals surface area contributed by atoms with Crippen molar-refractivity contribution in [2.24, 2.45) is 0 Å². The van der Waals surface area contributed by atoms with Crippen LogP contribution in [0.25, 0.3) is 11.1 Å². The highest BCUT2D eigenvalue weighted by molar-refractivity contribution is 5.78. The Hall–Kier alpha value is -3.31. The smallest absolute Gasteiger partial charge is 0.233 e. The SMILES string of the molecule is COc1ccc(CCNC(=O)CN[C@H](C)c2ccc(-c3ccccc3)cc2)cc1OC. The molecule has 3 aromatic rings. The maximum absolute atomic E-state index is 12.2.